The van der Waals surface area contributed by atoms with E-state index in [4.69, 9.17) is 15.2 Å². The minimum atomic E-state index is -0.214. The van der Waals surface area contributed by atoms with Gasteiger partial charge in [-0.15, -0.1) is 5.10 Å². The standard InChI is InChI=1S/C14H19N5O2/c1-14(4-3-5-21-14)9-19-13(16-17-18-19)10-6-11(15)8-12(7-10)20-2/h6-8H,3-5,9,15H2,1-2H3. The number of ether oxygens (including phenoxy) is 2. The van der Waals surface area contributed by atoms with Crippen LogP contribution in [-0.2, 0) is 11.3 Å². The molecule has 1 fully saturated rings. The molecule has 7 heteroatoms. The van der Waals surface area contributed by atoms with Crippen molar-refractivity contribution < 1.29 is 9.47 Å². The highest BCUT2D eigenvalue weighted by molar-refractivity contribution is 5.64. The number of tetrazole rings is 1. The second-order valence-electron chi connectivity index (χ2n) is 5.56. The van der Waals surface area contributed by atoms with E-state index in [1.165, 1.54) is 0 Å². The van der Waals surface area contributed by atoms with Gasteiger partial charge in [0.25, 0.3) is 0 Å². The fraction of sp³-hybridized carbons (Fsp3) is 0.500. The highest BCUT2D eigenvalue weighted by atomic mass is 16.5. The quantitative estimate of drug-likeness (QED) is 0.858. The summed E-state index contributed by atoms with van der Waals surface area (Å²) in [5.41, 5.74) is 7.13. The number of anilines is 1. The lowest BCUT2D eigenvalue weighted by Gasteiger charge is -2.23. The largest absolute Gasteiger partial charge is 0.497 e. The minimum Gasteiger partial charge on any atom is -0.497 e. The van der Waals surface area contributed by atoms with Crippen LogP contribution < -0.4 is 10.5 Å². The third-order valence-electron chi connectivity index (χ3n) is 3.74. The van der Waals surface area contributed by atoms with Crippen LogP contribution in [0.2, 0.25) is 0 Å². The van der Waals surface area contributed by atoms with E-state index in [0.29, 0.717) is 23.8 Å². The Morgan fingerprint density at radius 1 is 1.43 bits per heavy atom. The zero-order chi connectivity index (χ0) is 14.9. The maximum atomic E-state index is 5.90. The molecule has 3 rings (SSSR count). The van der Waals surface area contributed by atoms with Gasteiger partial charge < -0.3 is 15.2 Å². The third kappa shape index (κ3) is 2.82. The smallest absolute Gasteiger partial charge is 0.182 e. The molecule has 0 bridgehead atoms. The number of aromatic nitrogens is 4. The molecule has 7 nitrogen and oxygen atoms in total. The normalized spacial score (nSPS) is 21.6. The maximum Gasteiger partial charge on any atom is 0.182 e. The predicted octanol–water partition coefficient (Wildman–Crippen LogP) is 1.50. The zero-order valence-electron chi connectivity index (χ0n) is 12.2. The molecule has 0 radical (unpaired) electrons. The molecular formula is C14H19N5O2. The monoisotopic (exact) mass is 289 g/mol. The molecule has 0 aliphatic carbocycles. The van der Waals surface area contributed by atoms with Crippen LogP contribution >= 0.6 is 0 Å². The highest BCUT2D eigenvalue weighted by Crippen LogP contribution is 2.30. The van der Waals surface area contributed by atoms with Gasteiger partial charge in [-0.3, -0.25) is 0 Å². The summed E-state index contributed by atoms with van der Waals surface area (Å²) >= 11 is 0. The van der Waals surface area contributed by atoms with E-state index >= 15 is 0 Å². The first-order chi connectivity index (χ1) is 10.1. The average molecular weight is 289 g/mol. The number of nitrogens with zero attached hydrogens (tertiary/aromatic N) is 4. The summed E-state index contributed by atoms with van der Waals surface area (Å²) in [6, 6.07) is 5.47. The summed E-state index contributed by atoms with van der Waals surface area (Å²) in [6.45, 7) is 3.50. The molecule has 0 amide bonds. The van der Waals surface area contributed by atoms with Gasteiger partial charge in [0.1, 0.15) is 5.75 Å². The Kier molecular flexibility index (Phi) is 3.50. The van der Waals surface area contributed by atoms with Crippen LogP contribution in [0.3, 0.4) is 0 Å². The number of hydrogen-bond acceptors (Lipinski definition) is 6. The lowest BCUT2D eigenvalue weighted by Crippen LogP contribution is -2.30. The summed E-state index contributed by atoms with van der Waals surface area (Å²) in [5, 5.41) is 12.0. The van der Waals surface area contributed by atoms with Crippen molar-refractivity contribution in [3.63, 3.8) is 0 Å². The number of nitrogens with two attached hydrogens (primary N) is 1. The molecule has 2 heterocycles. The Balaban J connectivity index is 1.93. The molecule has 1 aliphatic heterocycles. The van der Waals surface area contributed by atoms with Crippen molar-refractivity contribution in [3.8, 4) is 17.1 Å². The fourth-order valence-corrected chi connectivity index (χ4v) is 2.67. The summed E-state index contributed by atoms with van der Waals surface area (Å²) < 4.78 is 12.8. The van der Waals surface area contributed by atoms with Crippen LogP contribution in [0.25, 0.3) is 11.4 Å². The van der Waals surface area contributed by atoms with Gasteiger partial charge in [-0.25, -0.2) is 4.68 Å². The second-order valence-corrected chi connectivity index (χ2v) is 5.56. The van der Waals surface area contributed by atoms with Gasteiger partial charge in [-0.05, 0) is 42.3 Å². The molecule has 1 unspecified atom stereocenters. The number of methoxy groups -OCH3 is 1. The first kappa shape index (κ1) is 13.8. The molecule has 112 valence electrons. The van der Waals surface area contributed by atoms with Crippen LogP contribution in [0.4, 0.5) is 5.69 Å². The van der Waals surface area contributed by atoms with E-state index in [0.717, 1.165) is 25.0 Å². The number of nitrogen functional groups attached to an aromatic ring is 1. The van der Waals surface area contributed by atoms with Gasteiger partial charge in [0.15, 0.2) is 5.82 Å². The van der Waals surface area contributed by atoms with Crippen molar-refractivity contribution in [1.29, 1.82) is 0 Å². The first-order valence-electron chi connectivity index (χ1n) is 6.95. The van der Waals surface area contributed by atoms with E-state index in [9.17, 15) is 0 Å². The van der Waals surface area contributed by atoms with Crippen molar-refractivity contribution in [2.75, 3.05) is 19.5 Å². The SMILES string of the molecule is COc1cc(N)cc(-c2nnnn2CC2(C)CCCO2)c1. The van der Waals surface area contributed by atoms with E-state index in [2.05, 4.69) is 22.4 Å². The summed E-state index contributed by atoms with van der Waals surface area (Å²) in [4.78, 5) is 0. The maximum absolute atomic E-state index is 5.90. The Bertz CT molecular complexity index is 634. The molecule has 2 N–H and O–H groups in total. The molecule has 21 heavy (non-hydrogen) atoms. The van der Waals surface area contributed by atoms with Gasteiger partial charge in [0, 0.05) is 23.9 Å². The van der Waals surface area contributed by atoms with E-state index in [1.54, 1.807) is 17.9 Å². The third-order valence-corrected chi connectivity index (χ3v) is 3.74. The van der Waals surface area contributed by atoms with Gasteiger partial charge in [0.05, 0.1) is 19.3 Å². The Morgan fingerprint density at radius 3 is 3.00 bits per heavy atom. The molecule has 0 spiro atoms. The van der Waals surface area contributed by atoms with Crippen molar-refractivity contribution in [3.05, 3.63) is 18.2 Å². The van der Waals surface area contributed by atoms with Crippen LogP contribution in [0.5, 0.6) is 5.75 Å². The van der Waals surface area contributed by atoms with Crippen LogP contribution in [0, 0.1) is 0 Å². The Hall–Kier alpha value is -2.15. The van der Waals surface area contributed by atoms with Crippen LogP contribution in [-0.4, -0.2) is 39.5 Å². The Morgan fingerprint density at radius 2 is 2.29 bits per heavy atom. The molecule has 0 saturated carbocycles. The van der Waals surface area contributed by atoms with Gasteiger partial charge in [-0.1, -0.05) is 0 Å². The number of hydrogen-bond donors (Lipinski definition) is 1. The molecular weight excluding hydrogens is 270 g/mol. The predicted molar refractivity (Wildman–Crippen MR) is 77.8 cm³/mol. The fourth-order valence-electron chi connectivity index (χ4n) is 2.67. The van der Waals surface area contributed by atoms with Crippen molar-refractivity contribution in [2.45, 2.75) is 31.9 Å². The van der Waals surface area contributed by atoms with E-state index in [-0.39, 0.29) is 5.60 Å². The van der Waals surface area contributed by atoms with Crippen molar-refractivity contribution in [2.24, 2.45) is 0 Å². The average Bonchev–Trinajstić information content (AvgIpc) is 3.07. The van der Waals surface area contributed by atoms with E-state index in [1.807, 2.05) is 12.1 Å². The number of benzene rings is 1. The van der Waals surface area contributed by atoms with Crippen LogP contribution in [0.1, 0.15) is 19.8 Å². The van der Waals surface area contributed by atoms with Gasteiger partial charge in [-0.2, -0.15) is 0 Å². The molecule has 1 aliphatic rings. The number of rotatable bonds is 4. The molecule has 1 atom stereocenters. The summed E-state index contributed by atoms with van der Waals surface area (Å²) in [5.74, 6) is 1.35. The summed E-state index contributed by atoms with van der Waals surface area (Å²) in [7, 11) is 1.61. The van der Waals surface area contributed by atoms with Crippen LogP contribution in [0.15, 0.2) is 18.2 Å². The van der Waals surface area contributed by atoms with Crippen molar-refractivity contribution in [1.82, 2.24) is 20.2 Å². The lowest BCUT2D eigenvalue weighted by atomic mass is 10.0. The zero-order valence-corrected chi connectivity index (χ0v) is 12.2. The second kappa shape index (κ2) is 5.33. The highest BCUT2D eigenvalue weighted by Gasteiger charge is 2.31. The molecule has 1 aromatic heterocycles. The Labute approximate surface area is 123 Å². The van der Waals surface area contributed by atoms with E-state index < -0.39 is 0 Å². The van der Waals surface area contributed by atoms with Gasteiger partial charge in [0.2, 0.25) is 0 Å². The lowest BCUT2D eigenvalue weighted by molar-refractivity contribution is 0.00355. The van der Waals surface area contributed by atoms with Crippen molar-refractivity contribution >= 4 is 5.69 Å². The molecule has 1 aromatic carbocycles. The van der Waals surface area contributed by atoms with Gasteiger partial charge >= 0.3 is 0 Å². The topological polar surface area (TPSA) is 88.1 Å². The molecule has 1 saturated heterocycles. The first-order valence-corrected chi connectivity index (χ1v) is 6.95. The minimum absolute atomic E-state index is 0.214. The summed E-state index contributed by atoms with van der Waals surface area (Å²) in [6.07, 6.45) is 2.08. The molecule has 2 aromatic rings.